The molecule has 0 saturated carbocycles. The Hall–Kier alpha value is -3.00. The summed E-state index contributed by atoms with van der Waals surface area (Å²) in [6, 6.07) is 21.2. The van der Waals surface area contributed by atoms with E-state index >= 15 is 0 Å². The number of piperidine rings is 1. The van der Waals surface area contributed by atoms with E-state index in [1.807, 2.05) is 31.2 Å². The molecule has 1 fully saturated rings. The maximum Gasteiger partial charge on any atom is 0.255 e. The van der Waals surface area contributed by atoms with Crippen LogP contribution in [0, 0.1) is 12.8 Å². The summed E-state index contributed by atoms with van der Waals surface area (Å²) >= 11 is 0. The number of fused-ring (bicyclic) bond motifs is 1. The van der Waals surface area contributed by atoms with E-state index in [4.69, 9.17) is 0 Å². The molecule has 1 aliphatic heterocycles. The van der Waals surface area contributed by atoms with Crippen LogP contribution in [0.5, 0.6) is 0 Å². The molecule has 37 heavy (non-hydrogen) atoms. The van der Waals surface area contributed by atoms with Gasteiger partial charge in [0.05, 0.1) is 4.90 Å². The van der Waals surface area contributed by atoms with Gasteiger partial charge in [0.2, 0.25) is 10.0 Å². The SMILES string of the molecule is Cc1ccccc1C(=O)Nc1ccc(S(=O)(=O)NC2CCN(Cc3ccccc3)CC2C)c2c1CCC2. The van der Waals surface area contributed by atoms with E-state index in [9.17, 15) is 13.2 Å². The molecular weight excluding hydrogens is 482 g/mol. The zero-order valence-corrected chi connectivity index (χ0v) is 22.4. The average Bonchev–Trinajstić information content (AvgIpc) is 3.37. The number of aryl methyl sites for hydroxylation is 1. The summed E-state index contributed by atoms with van der Waals surface area (Å²) in [5.74, 6) is 0.0324. The second-order valence-corrected chi connectivity index (χ2v) is 12.1. The molecular formula is C30H35N3O3S. The molecule has 2 aliphatic rings. The molecule has 0 aromatic heterocycles. The molecule has 6 nitrogen and oxygen atoms in total. The monoisotopic (exact) mass is 517 g/mol. The highest BCUT2D eigenvalue weighted by Gasteiger charge is 2.32. The Bertz CT molecular complexity index is 1390. The molecule has 1 aliphatic carbocycles. The quantitative estimate of drug-likeness (QED) is 0.466. The van der Waals surface area contributed by atoms with Gasteiger partial charge in [-0.05, 0) is 79.0 Å². The van der Waals surface area contributed by atoms with Crippen molar-refractivity contribution in [3.8, 4) is 0 Å². The third-order valence-electron chi connectivity index (χ3n) is 7.71. The first-order valence-electron chi connectivity index (χ1n) is 13.1. The summed E-state index contributed by atoms with van der Waals surface area (Å²) < 4.78 is 30.2. The van der Waals surface area contributed by atoms with Gasteiger partial charge in [-0.2, -0.15) is 0 Å². The minimum atomic E-state index is -3.68. The Kier molecular flexibility index (Phi) is 7.47. The number of benzene rings is 3. The van der Waals surface area contributed by atoms with Crippen LogP contribution in [-0.4, -0.2) is 38.4 Å². The van der Waals surface area contributed by atoms with Gasteiger partial charge in [-0.15, -0.1) is 0 Å². The van der Waals surface area contributed by atoms with Gasteiger partial charge in [0.25, 0.3) is 5.91 Å². The molecule has 0 bridgehead atoms. The number of carbonyl (C=O) groups excluding carboxylic acids is 1. The Labute approximate surface area is 220 Å². The Morgan fingerprint density at radius 1 is 0.973 bits per heavy atom. The lowest BCUT2D eigenvalue weighted by molar-refractivity contribution is 0.102. The zero-order chi connectivity index (χ0) is 26.0. The fourth-order valence-electron chi connectivity index (χ4n) is 5.71. The number of sulfonamides is 1. The number of anilines is 1. The molecule has 2 unspecified atom stereocenters. The highest BCUT2D eigenvalue weighted by Crippen LogP contribution is 2.35. The predicted octanol–water partition coefficient (Wildman–Crippen LogP) is 4.92. The number of hydrogen-bond acceptors (Lipinski definition) is 4. The van der Waals surface area contributed by atoms with E-state index in [0.717, 1.165) is 55.6 Å². The third kappa shape index (κ3) is 5.64. The van der Waals surface area contributed by atoms with Crippen LogP contribution in [0.3, 0.4) is 0 Å². The molecule has 7 heteroatoms. The van der Waals surface area contributed by atoms with Crippen molar-refractivity contribution in [2.75, 3.05) is 18.4 Å². The second-order valence-electron chi connectivity index (χ2n) is 10.4. The summed E-state index contributed by atoms with van der Waals surface area (Å²) in [6.45, 7) is 6.62. The molecule has 3 aromatic rings. The van der Waals surface area contributed by atoms with E-state index in [-0.39, 0.29) is 17.9 Å². The minimum Gasteiger partial charge on any atom is -0.322 e. The molecule has 1 amide bonds. The normalized spacial score (nSPS) is 19.9. The number of hydrogen-bond donors (Lipinski definition) is 2. The molecule has 0 spiro atoms. The number of likely N-dealkylation sites (tertiary alicyclic amines) is 1. The molecule has 1 saturated heterocycles. The van der Waals surface area contributed by atoms with Crippen molar-refractivity contribution in [1.82, 2.24) is 9.62 Å². The maximum atomic E-state index is 13.6. The minimum absolute atomic E-state index is 0.102. The largest absolute Gasteiger partial charge is 0.322 e. The van der Waals surface area contributed by atoms with E-state index in [0.29, 0.717) is 22.6 Å². The number of rotatable bonds is 7. The Morgan fingerprint density at radius 3 is 2.46 bits per heavy atom. The predicted molar refractivity (Wildman–Crippen MR) is 147 cm³/mol. The van der Waals surface area contributed by atoms with Gasteiger partial charge in [0.1, 0.15) is 0 Å². The van der Waals surface area contributed by atoms with Crippen molar-refractivity contribution in [1.29, 1.82) is 0 Å². The molecule has 194 valence electrons. The molecule has 5 rings (SSSR count). The summed E-state index contributed by atoms with van der Waals surface area (Å²) in [7, 11) is -3.68. The number of amides is 1. The summed E-state index contributed by atoms with van der Waals surface area (Å²) in [6.07, 6.45) is 3.12. The summed E-state index contributed by atoms with van der Waals surface area (Å²) in [5.41, 5.74) is 5.30. The standard InChI is InChI=1S/C30H35N3O3S/c1-21-9-6-7-12-24(21)30(34)31-28-15-16-29(26-14-8-13-25(26)28)37(35,36)32-27-17-18-33(19-22(27)2)20-23-10-4-3-5-11-23/h3-7,9-12,15-16,22,27,32H,8,13-14,17-20H2,1-2H3,(H,31,34). The van der Waals surface area contributed by atoms with Crippen molar-refractivity contribution in [2.45, 2.75) is 57.0 Å². The van der Waals surface area contributed by atoms with Gasteiger partial charge < -0.3 is 5.32 Å². The van der Waals surface area contributed by atoms with Gasteiger partial charge in [0, 0.05) is 36.9 Å². The van der Waals surface area contributed by atoms with Crippen molar-refractivity contribution >= 4 is 21.6 Å². The van der Waals surface area contributed by atoms with Crippen molar-refractivity contribution in [3.63, 3.8) is 0 Å². The van der Waals surface area contributed by atoms with Crippen molar-refractivity contribution in [3.05, 3.63) is 94.5 Å². The molecule has 3 aromatic carbocycles. The number of nitrogens with one attached hydrogen (secondary N) is 2. The van der Waals surface area contributed by atoms with E-state index in [2.05, 4.69) is 46.1 Å². The van der Waals surface area contributed by atoms with Crippen LogP contribution in [-0.2, 0) is 29.4 Å². The smallest absolute Gasteiger partial charge is 0.255 e. The second kappa shape index (κ2) is 10.8. The van der Waals surface area contributed by atoms with Gasteiger partial charge in [-0.3, -0.25) is 9.69 Å². The van der Waals surface area contributed by atoms with E-state index in [1.165, 1.54) is 5.56 Å². The first-order valence-corrected chi connectivity index (χ1v) is 14.6. The van der Waals surface area contributed by atoms with Crippen LogP contribution in [0.2, 0.25) is 0 Å². The summed E-state index contributed by atoms with van der Waals surface area (Å²) in [4.78, 5) is 15.7. The number of carbonyl (C=O) groups is 1. The first-order chi connectivity index (χ1) is 17.8. The highest BCUT2D eigenvalue weighted by molar-refractivity contribution is 7.89. The van der Waals surface area contributed by atoms with Crippen molar-refractivity contribution in [2.24, 2.45) is 5.92 Å². The fraction of sp³-hybridized carbons (Fsp3) is 0.367. The Morgan fingerprint density at radius 2 is 1.70 bits per heavy atom. The molecule has 1 heterocycles. The summed E-state index contributed by atoms with van der Waals surface area (Å²) in [5, 5.41) is 3.03. The van der Waals surface area contributed by atoms with E-state index in [1.54, 1.807) is 18.2 Å². The van der Waals surface area contributed by atoms with Crippen LogP contribution in [0.15, 0.2) is 71.6 Å². The van der Waals surface area contributed by atoms with Crippen LogP contribution >= 0.6 is 0 Å². The van der Waals surface area contributed by atoms with Crippen LogP contribution in [0.1, 0.15) is 52.4 Å². The lowest BCUT2D eigenvalue weighted by atomic mass is 9.94. The van der Waals surface area contributed by atoms with Crippen LogP contribution in [0.4, 0.5) is 5.69 Å². The van der Waals surface area contributed by atoms with Crippen LogP contribution < -0.4 is 10.0 Å². The average molecular weight is 518 g/mol. The van der Waals surface area contributed by atoms with Gasteiger partial charge in [0.15, 0.2) is 0 Å². The lowest BCUT2D eigenvalue weighted by Gasteiger charge is -2.37. The van der Waals surface area contributed by atoms with Gasteiger partial charge >= 0.3 is 0 Å². The van der Waals surface area contributed by atoms with Crippen molar-refractivity contribution < 1.29 is 13.2 Å². The Balaban J connectivity index is 1.29. The highest BCUT2D eigenvalue weighted by atomic mass is 32.2. The van der Waals surface area contributed by atoms with Gasteiger partial charge in [-0.1, -0.05) is 55.5 Å². The van der Waals surface area contributed by atoms with Gasteiger partial charge in [-0.25, -0.2) is 13.1 Å². The van der Waals surface area contributed by atoms with E-state index < -0.39 is 10.0 Å². The fourth-order valence-corrected chi connectivity index (χ4v) is 7.39. The maximum absolute atomic E-state index is 13.6. The zero-order valence-electron chi connectivity index (χ0n) is 21.5. The third-order valence-corrected chi connectivity index (χ3v) is 9.29. The van der Waals surface area contributed by atoms with Crippen LogP contribution in [0.25, 0.3) is 0 Å². The topological polar surface area (TPSA) is 78.5 Å². The molecule has 0 radical (unpaired) electrons. The molecule has 2 atom stereocenters. The first kappa shape index (κ1) is 25.6. The molecule has 2 N–H and O–H groups in total. The number of nitrogens with zero attached hydrogens (tertiary/aromatic N) is 1. The lowest BCUT2D eigenvalue weighted by Crippen LogP contribution is -2.49.